The van der Waals surface area contributed by atoms with E-state index in [1.807, 2.05) is 51.2 Å². The van der Waals surface area contributed by atoms with Gasteiger partial charge < -0.3 is 9.72 Å². The lowest BCUT2D eigenvalue weighted by Gasteiger charge is -2.24. The van der Waals surface area contributed by atoms with Gasteiger partial charge in [0.1, 0.15) is 11.4 Å². The van der Waals surface area contributed by atoms with Crippen molar-refractivity contribution in [3.8, 4) is 11.3 Å². The van der Waals surface area contributed by atoms with Crippen LogP contribution in [0.4, 0.5) is 0 Å². The molecule has 0 spiro atoms. The summed E-state index contributed by atoms with van der Waals surface area (Å²) in [6.45, 7) is 5.73. The van der Waals surface area contributed by atoms with Crippen molar-refractivity contribution in [1.29, 1.82) is 0 Å². The summed E-state index contributed by atoms with van der Waals surface area (Å²) in [5, 5.41) is 0. The first-order valence-electron chi connectivity index (χ1n) is 8.37. The number of benzene rings is 1. The fraction of sp³-hybridized carbons (Fsp3) is 0.474. The van der Waals surface area contributed by atoms with Gasteiger partial charge in [-0.1, -0.05) is 34.5 Å². The average Bonchev–Trinajstić information content (AvgIpc) is 3.15. The van der Waals surface area contributed by atoms with E-state index >= 15 is 0 Å². The summed E-state index contributed by atoms with van der Waals surface area (Å²) in [6, 6.07) is 8.10. The number of H-pyrrole nitrogens is 1. The van der Waals surface area contributed by atoms with Gasteiger partial charge in [0.05, 0.1) is 17.8 Å². The predicted octanol–water partition coefficient (Wildman–Crippen LogP) is 5.06. The minimum Gasteiger partial charge on any atom is -0.460 e. The lowest BCUT2D eigenvalue weighted by Crippen LogP contribution is -2.30. The van der Waals surface area contributed by atoms with Crippen molar-refractivity contribution in [1.82, 2.24) is 9.97 Å². The molecular formula is C19H23BrN2O2. The Labute approximate surface area is 151 Å². The Hall–Kier alpha value is -1.62. The number of hydrogen-bond donors (Lipinski definition) is 1. The van der Waals surface area contributed by atoms with E-state index in [0.717, 1.165) is 40.8 Å². The molecule has 0 saturated heterocycles. The number of carbonyl (C=O) groups excluding carboxylic acids is 1. The number of aromatic nitrogens is 2. The Morgan fingerprint density at radius 3 is 2.62 bits per heavy atom. The Morgan fingerprint density at radius 1 is 1.25 bits per heavy atom. The summed E-state index contributed by atoms with van der Waals surface area (Å²) in [5.74, 6) is 0.796. The lowest BCUT2D eigenvalue weighted by molar-refractivity contribution is -0.160. The van der Waals surface area contributed by atoms with Crippen molar-refractivity contribution in [3.05, 3.63) is 40.8 Å². The topological polar surface area (TPSA) is 55.0 Å². The Bertz CT molecular complexity index is 716. The zero-order chi connectivity index (χ0) is 17.3. The molecule has 1 N–H and O–H groups in total. The Morgan fingerprint density at radius 2 is 1.96 bits per heavy atom. The monoisotopic (exact) mass is 390 g/mol. The largest absolute Gasteiger partial charge is 0.460 e. The van der Waals surface area contributed by atoms with Crippen LogP contribution < -0.4 is 0 Å². The molecule has 1 aromatic carbocycles. The summed E-state index contributed by atoms with van der Waals surface area (Å²) in [4.78, 5) is 20.4. The molecule has 0 radical (unpaired) electrons. The van der Waals surface area contributed by atoms with Crippen LogP contribution in [-0.4, -0.2) is 21.5 Å². The standard InChI is InChI=1S/C19H23BrN2O2/c1-19(2,3)24-18(23)15-6-4-5-14(15)17-21-11-16(22-17)12-7-9-13(20)10-8-12/h7-11,14-15H,4-6H2,1-3H3,(H,21,22)/t14-,15?/m1/s1. The number of aromatic amines is 1. The zero-order valence-electron chi connectivity index (χ0n) is 14.3. The molecule has 1 aliphatic carbocycles. The SMILES string of the molecule is CC(C)(C)OC(=O)C1CCC[C@H]1c1ncc(-c2ccc(Br)cc2)[nH]1. The van der Waals surface area contributed by atoms with E-state index in [4.69, 9.17) is 4.74 Å². The minimum atomic E-state index is -0.448. The molecule has 2 atom stereocenters. The van der Waals surface area contributed by atoms with Crippen molar-refractivity contribution in [3.63, 3.8) is 0 Å². The zero-order valence-corrected chi connectivity index (χ0v) is 15.9. The third-order valence-electron chi connectivity index (χ3n) is 4.33. The van der Waals surface area contributed by atoms with Crippen LogP contribution in [0.3, 0.4) is 0 Å². The molecule has 0 bridgehead atoms. The molecule has 1 saturated carbocycles. The fourth-order valence-corrected chi connectivity index (χ4v) is 3.51. The van der Waals surface area contributed by atoms with Crippen molar-refractivity contribution in [2.24, 2.45) is 5.92 Å². The van der Waals surface area contributed by atoms with Gasteiger partial charge in [-0.25, -0.2) is 4.98 Å². The second kappa shape index (κ2) is 6.71. The number of nitrogens with zero attached hydrogens (tertiary/aromatic N) is 1. The van der Waals surface area contributed by atoms with E-state index in [1.54, 1.807) is 0 Å². The maximum Gasteiger partial charge on any atom is 0.310 e. The van der Waals surface area contributed by atoms with Gasteiger partial charge in [0, 0.05) is 10.4 Å². The number of halogens is 1. The van der Waals surface area contributed by atoms with E-state index < -0.39 is 5.60 Å². The first kappa shape index (κ1) is 17.2. The van der Waals surface area contributed by atoms with Crippen LogP contribution in [0.5, 0.6) is 0 Å². The molecular weight excluding hydrogens is 368 g/mol. The second-order valence-corrected chi connectivity index (χ2v) is 8.28. The molecule has 0 amide bonds. The first-order valence-corrected chi connectivity index (χ1v) is 9.16. The van der Waals surface area contributed by atoms with Crippen LogP contribution in [-0.2, 0) is 9.53 Å². The molecule has 5 heteroatoms. The van der Waals surface area contributed by atoms with E-state index in [2.05, 4.69) is 25.9 Å². The van der Waals surface area contributed by atoms with Crippen molar-refractivity contribution in [2.45, 2.75) is 51.6 Å². The Kier molecular flexibility index (Phi) is 4.81. The van der Waals surface area contributed by atoms with E-state index in [9.17, 15) is 4.79 Å². The van der Waals surface area contributed by atoms with Crippen LogP contribution in [0.2, 0.25) is 0 Å². The third-order valence-corrected chi connectivity index (χ3v) is 4.86. The molecule has 1 aliphatic rings. The quantitative estimate of drug-likeness (QED) is 0.744. The number of rotatable bonds is 3. The summed E-state index contributed by atoms with van der Waals surface area (Å²) in [5.41, 5.74) is 1.62. The van der Waals surface area contributed by atoms with Gasteiger partial charge in [0.15, 0.2) is 0 Å². The highest BCUT2D eigenvalue weighted by atomic mass is 79.9. The average molecular weight is 391 g/mol. The summed E-state index contributed by atoms with van der Waals surface area (Å²) in [6.07, 6.45) is 4.72. The second-order valence-electron chi connectivity index (χ2n) is 7.37. The maximum atomic E-state index is 12.5. The van der Waals surface area contributed by atoms with Crippen LogP contribution in [0, 0.1) is 5.92 Å². The highest BCUT2D eigenvalue weighted by molar-refractivity contribution is 9.10. The van der Waals surface area contributed by atoms with Gasteiger partial charge in [-0.2, -0.15) is 0 Å². The summed E-state index contributed by atoms with van der Waals surface area (Å²) in [7, 11) is 0. The number of nitrogens with one attached hydrogen (secondary N) is 1. The molecule has 1 unspecified atom stereocenters. The normalized spacial score (nSPS) is 21.0. The number of esters is 1. The molecule has 128 valence electrons. The summed E-state index contributed by atoms with van der Waals surface area (Å²) < 4.78 is 6.64. The van der Waals surface area contributed by atoms with Gasteiger partial charge in [0.2, 0.25) is 0 Å². The molecule has 24 heavy (non-hydrogen) atoms. The molecule has 3 rings (SSSR count). The maximum absolute atomic E-state index is 12.5. The highest BCUT2D eigenvalue weighted by Gasteiger charge is 2.38. The highest BCUT2D eigenvalue weighted by Crippen LogP contribution is 2.40. The van der Waals surface area contributed by atoms with Gasteiger partial charge in [-0.15, -0.1) is 0 Å². The number of imidazole rings is 1. The third kappa shape index (κ3) is 3.89. The molecule has 1 heterocycles. The molecule has 1 fully saturated rings. The lowest BCUT2D eigenvalue weighted by atomic mass is 9.95. The van der Waals surface area contributed by atoms with E-state index in [1.165, 1.54) is 0 Å². The van der Waals surface area contributed by atoms with Crippen molar-refractivity contribution >= 4 is 21.9 Å². The summed E-state index contributed by atoms with van der Waals surface area (Å²) >= 11 is 3.45. The van der Waals surface area contributed by atoms with Gasteiger partial charge >= 0.3 is 5.97 Å². The Balaban J connectivity index is 1.78. The van der Waals surface area contributed by atoms with E-state index in [-0.39, 0.29) is 17.8 Å². The van der Waals surface area contributed by atoms with Gasteiger partial charge in [-0.05, 0) is 51.3 Å². The molecule has 1 aromatic heterocycles. The minimum absolute atomic E-state index is 0.104. The van der Waals surface area contributed by atoms with E-state index in [0.29, 0.717) is 0 Å². The van der Waals surface area contributed by atoms with Gasteiger partial charge in [0.25, 0.3) is 0 Å². The number of hydrogen-bond acceptors (Lipinski definition) is 3. The predicted molar refractivity (Wildman–Crippen MR) is 97.7 cm³/mol. The number of ether oxygens (including phenoxy) is 1. The fourth-order valence-electron chi connectivity index (χ4n) is 3.25. The van der Waals surface area contributed by atoms with Crippen LogP contribution in [0.15, 0.2) is 34.9 Å². The molecule has 0 aliphatic heterocycles. The van der Waals surface area contributed by atoms with Gasteiger partial charge in [-0.3, -0.25) is 4.79 Å². The smallest absolute Gasteiger partial charge is 0.310 e. The molecule has 4 nitrogen and oxygen atoms in total. The molecule has 2 aromatic rings. The van der Waals surface area contributed by atoms with Crippen LogP contribution in [0.1, 0.15) is 51.8 Å². The number of carbonyl (C=O) groups is 1. The van der Waals surface area contributed by atoms with Crippen molar-refractivity contribution < 1.29 is 9.53 Å². The van der Waals surface area contributed by atoms with Crippen LogP contribution in [0.25, 0.3) is 11.3 Å². The van der Waals surface area contributed by atoms with Crippen molar-refractivity contribution in [2.75, 3.05) is 0 Å². The first-order chi connectivity index (χ1) is 11.3. The van der Waals surface area contributed by atoms with Crippen LogP contribution >= 0.6 is 15.9 Å².